The van der Waals surface area contributed by atoms with E-state index in [1.54, 1.807) is 0 Å². The number of rotatable bonds is 1. The molecule has 0 fully saturated rings. The van der Waals surface area contributed by atoms with Crippen LogP contribution in [-0.4, -0.2) is 0 Å². The number of allylic oxidation sites excluding steroid dienone is 6. The third-order valence-corrected chi connectivity index (χ3v) is 1.92. The molecule has 1 rings (SSSR count). The van der Waals surface area contributed by atoms with Crippen LogP contribution < -0.4 is 0 Å². The van der Waals surface area contributed by atoms with Crippen LogP contribution in [0.3, 0.4) is 0 Å². The van der Waals surface area contributed by atoms with Crippen molar-refractivity contribution >= 4 is 0 Å². The molecule has 0 heteroatoms. The topological polar surface area (TPSA) is 0 Å². The highest BCUT2D eigenvalue weighted by Gasteiger charge is 2.03. The summed E-state index contributed by atoms with van der Waals surface area (Å²) in [6, 6.07) is 0. The molecule has 12 heavy (non-hydrogen) atoms. The highest BCUT2D eigenvalue weighted by molar-refractivity contribution is 5.38. The van der Waals surface area contributed by atoms with Crippen LogP contribution in [0.5, 0.6) is 0 Å². The van der Waals surface area contributed by atoms with Crippen LogP contribution in [0.25, 0.3) is 0 Å². The maximum absolute atomic E-state index is 2.35. The van der Waals surface area contributed by atoms with Gasteiger partial charge in [-0.05, 0) is 31.8 Å². The lowest BCUT2D eigenvalue weighted by atomic mass is 9.94. The Balaban J connectivity index is 2.80. The molecule has 0 nitrogen and oxygen atoms in total. The fourth-order valence-corrected chi connectivity index (χ4v) is 1.68. The van der Waals surface area contributed by atoms with Crippen molar-refractivity contribution in [2.75, 3.05) is 0 Å². The van der Waals surface area contributed by atoms with Crippen molar-refractivity contribution in [3.8, 4) is 0 Å². The van der Waals surface area contributed by atoms with Gasteiger partial charge in [0.2, 0.25) is 0 Å². The minimum atomic E-state index is 0.662. The number of hydrogen-bond acceptors (Lipinski definition) is 0. The molecule has 0 unspecified atom stereocenters. The second-order valence-corrected chi connectivity index (χ2v) is 4.04. The van der Waals surface area contributed by atoms with Gasteiger partial charge in [-0.3, -0.25) is 0 Å². The molecular weight excluding hydrogens is 144 g/mol. The van der Waals surface area contributed by atoms with Crippen LogP contribution in [0.2, 0.25) is 0 Å². The predicted octanol–water partition coefficient (Wildman–Crippen LogP) is 3.87. The largest absolute Gasteiger partial charge is 0.0784 e. The summed E-state index contributed by atoms with van der Waals surface area (Å²) in [6.07, 6.45) is 8.03. The fraction of sp³-hybridized carbons (Fsp3) is 0.500. The molecule has 0 N–H and O–H groups in total. The van der Waals surface area contributed by atoms with Crippen LogP contribution >= 0.6 is 0 Å². The second kappa shape index (κ2) is 3.75. The average molecular weight is 162 g/mol. The normalized spacial score (nSPS) is 21.2. The van der Waals surface area contributed by atoms with E-state index in [9.17, 15) is 0 Å². The SMILES string of the molecule is CC1=CC(=CC(C)C)CC(C)=C1. The maximum atomic E-state index is 2.35. The van der Waals surface area contributed by atoms with Crippen molar-refractivity contribution in [1.82, 2.24) is 0 Å². The van der Waals surface area contributed by atoms with Gasteiger partial charge >= 0.3 is 0 Å². The Morgan fingerprint density at radius 1 is 1.25 bits per heavy atom. The lowest BCUT2D eigenvalue weighted by Crippen LogP contribution is -1.93. The van der Waals surface area contributed by atoms with Gasteiger partial charge in [-0.15, -0.1) is 0 Å². The lowest BCUT2D eigenvalue weighted by molar-refractivity contribution is 0.818. The summed E-state index contributed by atoms with van der Waals surface area (Å²) in [6.45, 7) is 8.81. The number of hydrogen-bond donors (Lipinski definition) is 0. The Labute approximate surface area is 75.7 Å². The van der Waals surface area contributed by atoms with Gasteiger partial charge in [0.15, 0.2) is 0 Å². The molecular formula is C12H18. The van der Waals surface area contributed by atoms with Crippen LogP contribution in [0, 0.1) is 5.92 Å². The van der Waals surface area contributed by atoms with Crippen LogP contribution in [0.4, 0.5) is 0 Å². The molecule has 0 spiro atoms. The Morgan fingerprint density at radius 2 is 1.92 bits per heavy atom. The van der Waals surface area contributed by atoms with Gasteiger partial charge in [-0.25, -0.2) is 0 Å². The minimum absolute atomic E-state index is 0.662. The Kier molecular flexibility index (Phi) is 2.91. The first-order chi connectivity index (χ1) is 5.58. The van der Waals surface area contributed by atoms with Crippen molar-refractivity contribution in [2.45, 2.75) is 34.1 Å². The van der Waals surface area contributed by atoms with Crippen LogP contribution in [-0.2, 0) is 0 Å². The molecule has 0 bridgehead atoms. The van der Waals surface area contributed by atoms with E-state index in [0.29, 0.717) is 5.92 Å². The van der Waals surface area contributed by atoms with E-state index in [2.05, 4.69) is 45.9 Å². The van der Waals surface area contributed by atoms with Crippen LogP contribution in [0.1, 0.15) is 34.1 Å². The zero-order valence-electron chi connectivity index (χ0n) is 8.52. The summed E-state index contributed by atoms with van der Waals surface area (Å²) in [5, 5.41) is 0. The Morgan fingerprint density at radius 3 is 2.42 bits per heavy atom. The molecule has 0 saturated carbocycles. The third-order valence-electron chi connectivity index (χ3n) is 1.92. The zero-order chi connectivity index (χ0) is 9.14. The Bertz CT molecular complexity index is 249. The van der Waals surface area contributed by atoms with E-state index < -0.39 is 0 Å². The molecule has 0 aromatic heterocycles. The molecule has 0 aromatic carbocycles. The quantitative estimate of drug-likeness (QED) is 0.549. The highest BCUT2D eigenvalue weighted by atomic mass is 14.1. The first-order valence-electron chi connectivity index (χ1n) is 4.64. The van der Waals surface area contributed by atoms with E-state index in [1.165, 1.54) is 16.7 Å². The van der Waals surface area contributed by atoms with E-state index in [4.69, 9.17) is 0 Å². The van der Waals surface area contributed by atoms with Gasteiger partial charge in [0.05, 0.1) is 0 Å². The van der Waals surface area contributed by atoms with E-state index in [-0.39, 0.29) is 0 Å². The fourth-order valence-electron chi connectivity index (χ4n) is 1.68. The molecule has 1 aliphatic rings. The summed E-state index contributed by atoms with van der Waals surface area (Å²) in [7, 11) is 0. The van der Waals surface area contributed by atoms with Gasteiger partial charge in [0.1, 0.15) is 0 Å². The minimum Gasteiger partial charge on any atom is -0.0784 e. The highest BCUT2D eigenvalue weighted by Crippen LogP contribution is 2.22. The maximum Gasteiger partial charge on any atom is -0.00696 e. The monoisotopic (exact) mass is 162 g/mol. The molecule has 0 aliphatic heterocycles. The van der Waals surface area contributed by atoms with E-state index in [1.807, 2.05) is 0 Å². The molecule has 0 radical (unpaired) electrons. The molecule has 0 aromatic rings. The van der Waals surface area contributed by atoms with Gasteiger partial charge in [-0.2, -0.15) is 0 Å². The van der Waals surface area contributed by atoms with E-state index in [0.717, 1.165) is 6.42 Å². The van der Waals surface area contributed by atoms with Gasteiger partial charge in [0, 0.05) is 0 Å². The van der Waals surface area contributed by atoms with E-state index >= 15 is 0 Å². The second-order valence-electron chi connectivity index (χ2n) is 4.04. The molecule has 0 heterocycles. The van der Waals surface area contributed by atoms with Crippen molar-refractivity contribution in [3.63, 3.8) is 0 Å². The smallest absolute Gasteiger partial charge is 0.00696 e. The third kappa shape index (κ3) is 2.69. The van der Waals surface area contributed by atoms with Crippen molar-refractivity contribution in [2.24, 2.45) is 5.92 Å². The standard InChI is InChI=1S/C12H18/c1-9(2)5-12-7-10(3)6-11(4)8-12/h5-7,9H,8H2,1-4H3. The molecule has 0 amide bonds. The summed E-state index contributed by atoms with van der Waals surface area (Å²) >= 11 is 0. The lowest BCUT2D eigenvalue weighted by Gasteiger charge is -2.11. The summed E-state index contributed by atoms with van der Waals surface area (Å²) in [5.74, 6) is 0.662. The van der Waals surface area contributed by atoms with Gasteiger partial charge in [0.25, 0.3) is 0 Å². The molecule has 0 atom stereocenters. The summed E-state index contributed by atoms with van der Waals surface area (Å²) < 4.78 is 0. The molecule has 1 aliphatic carbocycles. The predicted molar refractivity (Wildman–Crippen MR) is 55.1 cm³/mol. The van der Waals surface area contributed by atoms with Gasteiger partial charge < -0.3 is 0 Å². The van der Waals surface area contributed by atoms with Gasteiger partial charge in [-0.1, -0.05) is 43.2 Å². The van der Waals surface area contributed by atoms with Crippen LogP contribution in [0.15, 0.2) is 34.9 Å². The summed E-state index contributed by atoms with van der Waals surface area (Å²) in [4.78, 5) is 0. The van der Waals surface area contributed by atoms with Crippen molar-refractivity contribution in [1.29, 1.82) is 0 Å². The van der Waals surface area contributed by atoms with Crippen molar-refractivity contribution in [3.05, 3.63) is 34.9 Å². The first kappa shape index (κ1) is 9.31. The molecule has 0 saturated heterocycles. The average Bonchev–Trinajstić information content (AvgIpc) is 1.81. The molecule has 66 valence electrons. The Hall–Kier alpha value is -0.780. The first-order valence-corrected chi connectivity index (χ1v) is 4.64. The summed E-state index contributed by atoms with van der Waals surface area (Å²) in [5.41, 5.74) is 4.33. The zero-order valence-corrected chi connectivity index (χ0v) is 8.52. The van der Waals surface area contributed by atoms with Crippen molar-refractivity contribution < 1.29 is 0 Å².